The SMILES string of the molecule is COc1cc(C(=O)N2CCCC(OC(=O)C(N)CCCCN)c3cc(Cl)ccc32)ccc1NC(=O)c1ccccc1C. The summed E-state index contributed by atoms with van der Waals surface area (Å²) in [7, 11) is 1.48. The molecule has 0 saturated carbocycles. The van der Waals surface area contributed by atoms with Crippen LogP contribution in [0.3, 0.4) is 0 Å². The molecule has 0 spiro atoms. The number of amides is 2. The lowest BCUT2D eigenvalue weighted by Crippen LogP contribution is -2.33. The molecule has 4 rings (SSSR count). The van der Waals surface area contributed by atoms with Crippen molar-refractivity contribution in [3.63, 3.8) is 0 Å². The van der Waals surface area contributed by atoms with Gasteiger partial charge in [-0.25, -0.2) is 0 Å². The second-order valence-corrected chi connectivity index (χ2v) is 10.7. The van der Waals surface area contributed by atoms with Crippen LogP contribution in [0.4, 0.5) is 11.4 Å². The quantitative estimate of drug-likeness (QED) is 0.212. The Balaban J connectivity index is 1.56. The van der Waals surface area contributed by atoms with E-state index >= 15 is 0 Å². The summed E-state index contributed by atoms with van der Waals surface area (Å²) in [6, 6.07) is 16.6. The number of aryl methyl sites for hydroxylation is 1. The van der Waals surface area contributed by atoms with Crippen LogP contribution in [0.15, 0.2) is 60.7 Å². The topological polar surface area (TPSA) is 137 Å². The van der Waals surface area contributed by atoms with E-state index in [1.54, 1.807) is 53.4 Å². The molecule has 1 aliphatic heterocycles. The third-order valence-electron chi connectivity index (χ3n) is 7.34. The number of hydrogen-bond donors (Lipinski definition) is 3. The zero-order valence-corrected chi connectivity index (χ0v) is 24.7. The van der Waals surface area contributed by atoms with E-state index in [1.165, 1.54) is 7.11 Å². The first-order chi connectivity index (χ1) is 20.2. The predicted octanol–water partition coefficient (Wildman–Crippen LogP) is 5.39. The third-order valence-corrected chi connectivity index (χ3v) is 7.57. The third kappa shape index (κ3) is 7.28. The Labute approximate surface area is 251 Å². The molecule has 2 unspecified atom stereocenters. The monoisotopic (exact) mass is 592 g/mol. The van der Waals surface area contributed by atoms with Crippen molar-refractivity contribution < 1.29 is 23.9 Å². The second-order valence-electron chi connectivity index (χ2n) is 10.3. The van der Waals surface area contributed by atoms with E-state index in [4.69, 9.17) is 32.5 Å². The Morgan fingerprint density at radius 2 is 1.88 bits per heavy atom. The van der Waals surface area contributed by atoms with Crippen LogP contribution in [0, 0.1) is 6.92 Å². The van der Waals surface area contributed by atoms with Crippen LogP contribution in [0.1, 0.15) is 70.1 Å². The van der Waals surface area contributed by atoms with Crippen molar-refractivity contribution in [1.82, 2.24) is 0 Å². The van der Waals surface area contributed by atoms with Crippen molar-refractivity contribution in [3.8, 4) is 5.75 Å². The lowest BCUT2D eigenvalue weighted by atomic mass is 10.0. The Morgan fingerprint density at radius 1 is 1.10 bits per heavy atom. The van der Waals surface area contributed by atoms with Gasteiger partial charge in [0.2, 0.25) is 0 Å². The number of rotatable bonds is 10. The van der Waals surface area contributed by atoms with Gasteiger partial charge in [0.05, 0.1) is 18.5 Å². The number of methoxy groups -OCH3 is 1. The molecule has 0 fully saturated rings. The Kier molecular flexibility index (Phi) is 10.6. The summed E-state index contributed by atoms with van der Waals surface area (Å²) in [5, 5.41) is 3.34. The maximum atomic E-state index is 13.9. The molecule has 5 N–H and O–H groups in total. The summed E-state index contributed by atoms with van der Waals surface area (Å²) >= 11 is 6.34. The number of unbranched alkanes of at least 4 members (excludes halogenated alkanes) is 1. The van der Waals surface area contributed by atoms with Gasteiger partial charge in [-0.1, -0.05) is 36.2 Å². The van der Waals surface area contributed by atoms with Gasteiger partial charge in [-0.15, -0.1) is 0 Å². The zero-order valence-electron chi connectivity index (χ0n) is 23.9. The summed E-state index contributed by atoms with van der Waals surface area (Å²) < 4.78 is 11.4. The molecule has 0 radical (unpaired) electrons. The number of benzene rings is 3. The smallest absolute Gasteiger partial charge is 0.323 e. The summed E-state index contributed by atoms with van der Waals surface area (Å²) in [5.41, 5.74) is 15.1. The van der Waals surface area contributed by atoms with Gasteiger partial charge in [-0.2, -0.15) is 0 Å². The first-order valence-corrected chi connectivity index (χ1v) is 14.4. The van der Waals surface area contributed by atoms with Crippen LogP contribution >= 0.6 is 11.6 Å². The molecule has 0 aliphatic carbocycles. The van der Waals surface area contributed by atoms with Gasteiger partial charge < -0.3 is 31.2 Å². The summed E-state index contributed by atoms with van der Waals surface area (Å²) in [6.07, 6.45) is 2.49. The number of halogens is 1. The predicted molar refractivity (Wildman–Crippen MR) is 164 cm³/mol. The summed E-state index contributed by atoms with van der Waals surface area (Å²) in [5.74, 6) is -0.678. The molecule has 2 atom stereocenters. The first-order valence-electron chi connectivity index (χ1n) is 14.1. The van der Waals surface area contributed by atoms with E-state index in [0.717, 1.165) is 18.4 Å². The minimum Gasteiger partial charge on any atom is -0.495 e. The van der Waals surface area contributed by atoms with Gasteiger partial charge in [0.25, 0.3) is 11.8 Å². The fraction of sp³-hybridized carbons (Fsp3) is 0.344. The van der Waals surface area contributed by atoms with Gasteiger partial charge in [0, 0.05) is 28.3 Å². The lowest BCUT2D eigenvalue weighted by molar-refractivity contribution is -0.151. The molecule has 2 amide bonds. The molecule has 9 nitrogen and oxygen atoms in total. The van der Waals surface area contributed by atoms with Crippen molar-refractivity contribution in [3.05, 3.63) is 87.9 Å². The van der Waals surface area contributed by atoms with Crippen LogP contribution in [-0.4, -0.2) is 44.0 Å². The van der Waals surface area contributed by atoms with E-state index in [1.807, 2.05) is 19.1 Å². The maximum Gasteiger partial charge on any atom is 0.323 e. The summed E-state index contributed by atoms with van der Waals surface area (Å²) in [6.45, 7) is 2.80. The van der Waals surface area contributed by atoms with Crippen LogP contribution in [0.25, 0.3) is 0 Å². The number of anilines is 2. The molecule has 0 aromatic heterocycles. The highest BCUT2D eigenvalue weighted by Gasteiger charge is 2.31. The van der Waals surface area contributed by atoms with Gasteiger partial charge in [-0.3, -0.25) is 14.4 Å². The number of carbonyl (C=O) groups is 3. The molecular weight excluding hydrogens is 556 g/mol. The second kappa shape index (κ2) is 14.3. The van der Waals surface area contributed by atoms with Crippen molar-refractivity contribution in [2.75, 3.05) is 30.4 Å². The van der Waals surface area contributed by atoms with Crippen LogP contribution in [0.5, 0.6) is 5.75 Å². The molecule has 1 aliphatic rings. The van der Waals surface area contributed by atoms with Gasteiger partial charge in [-0.05, 0) is 87.2 Å². The van der Waals surface area contributed by atoms with Crippen molar-refractivity contribution >= 4 is 40.8 Å². The van der Waals surface area contributed by atoms with E-state index in [-0.39, 0.29) is 11.8 Å². The Bertz CT molecular complexity index is 1450. The standard InChI is InChI=1S/C32H37ClN4O5/c1-20-8-3-4-9-23(20)30(38)36-26-14-12-21(18-29(26)41-2)31(39)37-17-7-11-28(24-19-22(33)13-15-27(24)37)42-32(40)25(35)10-5-6-16-34/h3-4,8-9,12-15,18-19,25,28H,5-7,10-11,16-17,34-35H2,1-2H3,(H,36,38). The lowest BCUT2D eigenvalue weighted by Gasteiger charge is -2.25. The largest absolute Gasteiger partial charge is 0.495 e. The van der Waals surface area contributed by atoms with E-state index in [0.29, 0.717) is 71.2 Å². The number of fused-ring (bicyclic) bond motifs is 1. The highest BCUT2D eigenvalue weighted by molar-refractivity contribution is 6.30. The minimum absolute atomic E-state index is 0.265. The molecule has 1 heterocycles. The number of nitrogens with two attached hydrogens (primary N) is 2. The van der Waals surface area contributed by atoms with E-state index < -0.39 is 18.1 Å². The molecule has 3 aromatic rings. The van der Waals surface area contributed by atoms with Crippen molar-refractivity contribution in [1.29, 1.82) is 0 Å². The molecule has 0 saturated heterocycles. The molecule has 0 bridgehead atoms. The molecule has 10 heteroatoms. The minimum atomic E-state index is -0.752. The first kappa shape index (κ1) is 31.0. The number of nitrogens with one attached hydrogen (secondary N) is 1. The normalized spacial score (nSPS) is 15.3. The number of nitrogens with zero attached hydrogens (tertiary/aromatic N) is 1. The fourth-order valence-electron chi connectivity index (χ4n) is 5.03. The van der Waals surface area contributed by atoms with Gasteiger partial charge in [0.15, 0.2) is 0 Å². The number of esters is 1. The highest BCUT2D eigenvalue weighted by Crippen LogP contribution is 2.38. The number of ether oxygens (including phenoxy) is 2. The zero-order chi connectivity index (χ0) is 30.2. The van der Waals surface area contributed by atoms with Crippen molar-refractivity contribution in [2.24, 2.45) is 11.5 Å². The van der Waals surface area contributed by atoms with Crippen LogP contribution in [0.2, 0.25) is 5.02 Å². The molecule has 42 heavy (non-hydrogen) atoms. The Morgan fingerprint density at radius 3 is 2.62 bits per heavy atom. The van der Waals surface area contributed by atoms with Gasteiger partial charge in [0.1, 0.15) is 17.9 Å². The number of hydrogen-bond acceptors (Lipinski definition) is 7. The maximum absolute atomic E-state index is 13.9. The Hall–Kier alpha value is -3.92. The van der Waals surface area contributed by atoms with Crippen LogP contribution in [-0.2, 0) is 9.53 Å². The highest BCUT2D eigenvalue weighted by atomic mass is 35.5. The molecule has 3 aromatic carbocycles. The van der Waals surface area contributed by atoms with Crippen LogP contribution < -0.4 is 26.4 Å². The van der Waals surface area contributed by atoms with E-state index in [2.05, 4.69) is 5.32 Å². The van der Waals surface area contributed by atoms with Gasteiger partial charge >= 0.3 is 5.97 Å². The summed E-state index contributed by atoms with van der Waals surface area (Å²) in [4.78, 5) is 41.2. The fourth-order valence-corrected chi connectivity index (χ4v) is 5.21. The molecule has 222 valence electrons. The average molecular weight is 593 g/mol. The molecular formula is C32H37ClN4O5. The average Bonchev–Trinajstić information content (AvgIpc) is 3.16. The van der Waals surface area contributed by atoms with E-state index in [9.17, 15) is 14.4 Å². The number of carbonyl (C=O) groups excluding carboxylic acids is 3. The van der Waals surface area contributed by atoms with Crippen molar-refractivity contribution in [2.45, 2.75) is 51.2 Å².